The van der Waals surface area contributed by atoms with E-state index in [1.54, 1.807) is 32.2 Å². The van der Waals surface area contributed by atoms with Crippen LogP contribution in [0.3, 0.4) is 0 Å². The van der Waals surface area contributed by atoms with Crippen molar-refractivity contribution in [2.45, 2.75) is 50.9 Å². The van der Waals surface area contributed by atoms with Crippen molar-refractivity contribution < 1.29 is 22.0 Å². The number of halogens is 5. The van der Waals surface area contributed by atoms with Crippen LogP contribution in [0.2, 0.25) is 0 Å². The summed E-state index contributed by atoms with van der Waals surface area (Å²) < 4.78 is 66.6. The topological polar surface area (TPSA) is 41.1 Å². The van der Waals surface area contributed by atoms with E-state index in [9.17, 15) is 22.0 Å². The fraction of sp³-hybridized carbons (Fsp3) is 0.364. The second kappa shape index (κ2) is 7.32. The monoisotopic (exact) mass is 436 g/mol. The molecule has 1 unspecified atom stereocenters. The largest absolute Gasteiger partial charge is 0.416 e. The molecule has 4 rings (SSSR count). The maximum atomic E-state index is 13.7. The number of fused-ring (bicyclic) bond motifs is 1. The fourth-order valence-corrected chi connectivity index (χ4v) is 3.77. The Morgan fingerprint density at radius 1 is 1.19 bits per heavy atom. The minimum absolute atomic E-state index is 0.347. The van der Waals surface area contributed by atoms with Crippen molar-refractivity contribution in [3.63, 3.8) is 0 Å². The van der Waals surface area contributed by atoms with Crippen molar-refractivity contribution in [2.75, 3.05) is 5.32 Å². The van der Waals surface area contributed by atoms with Crippen molar-refractivity contribution in [1.29, 1.82) is 0 Å². The third-order valence-corrected chi connectivity index (χ3v) is 5.67. The van der Waals surface area contributed by atoms with Gasteiger partial charge in [0.2, 0.25) is 0 Å². The van der Waals surface area contributed by atoms with Gasteiger partial charge in [0.15, 0.2) is 0 Å². The average Bonchev–Trinajstić information content (AvgIpc) is 3.48. The van der Waals surface area contributed by atoms with Crippen LogP contribution in [0.4, 0.5) is 27.8 Å². The average molecular weight is 436 g/mol. The molecule has 1 N–H and O–H groups in total. The van der Waals surface area contributed by atoms with E-state index in [4.69, 9.17) is 0 Å². The lowest BCUT2D eigenvalue weighted by Gasteiger charge is -2.32. The molecule has 1 saturated carbocycles. The van der Waals surface area contributed by atoms with Gasteiger partial charge in [0.05, 0.1) is 16.1 Å². The first kappa shape index (κ1) is 21.3. The number of anilines is 1. The summed E-state index contributed by atoms with van der Waals surface area (Å²) in [5, 5.41) is 4.16. The Morgan fingerprint density at radius 3 is 2.52 bits per heavy atom. The molecule has 1 aliphatic carbocycles. The number of nitrogens with one attached hydrogen (secondary N) is 1. The van der Waals surface area contributed by atoms with Gasteiger partial charge in [-0.15, -0.1) is 0 Å². The number of alkyl halides is 5. The fourth-order valence-electron chi connectivity index (χ4n) is 3.77. The quantitative estimate of drug-likeness (QED) is 0.716. The normalized spacial score (nSPS) is 18.2. The number of aryl methyl sites for hydroxylation is 1. The van der Waals surface area contributed by atoms with Crippen molar-refractivity contribution in [2.24, 2.45) is 0 Å². The summed E-state index contributed by atoms with van der Waals surface area (Å²) in [7, 11) is 0. The molecule has 31 heavy (non-hydrogen) atoms. The number of hydrogen-bond acceptors (Lipinski definition) is 4. The van der Waals surface area contributed by atoms with Crippen LogP contribution in [0.5, 0.6) is 0 Å². The smallest absolute Gasteiger partial charge is 0.363 e. The summed E-state index contributed by atoms with van der Waals surface area (Å²) in [6.07, 6.45) is -3.09. The lowest BCUT2D eigenvalue weighted by molar-refractivity contribution is -0.137. The molecule has 1 aromatic carbocycles. The van der Waals surface area contributed by atoms with Crippen molar-refractivity contribution in [3.8, 4) is 0 Å². The van der Waals surface area contributed by atoms with Gasteiger partial charge in [-0.2, -0.15) is 13.2 Å². The van der Waals surface area contributed by atoms with Gasteiger partial charge in [-0.1, -0.05) is 18.7 Å². The van der Waals surface area contributed by atoms with Crippen LogP contribution < -0.4 is 15.9 Å². The highest BCUT2D eigenvalue weighted by Gasteiger charge is 2.56. The second-order valence-electron chi connectivity index (χ2n) is 7.95. The Balaban J connectivity index is 1.73. The highest BCUT2D eigenvalue weighted by atomic mass is 19.4. The van der Waals surface area contributed by atoms with E-state index in [0.717, 1.165) is 12.1 Å². The van der Waals surface area contributed by atoms with Gasteiger partial charge in [-0.25, -0.2) is 18.7 Å². The minimum atomic E-state index is -4.45. The van der Waals surface area contributed by atoms with E-state index in [1.807, 2.05) is 0 Å². The van der Waals surface area contributed by atoms with Gasteiger partial charge >= 0.3 is 6.18 Å². The molecule has 9 heteroatoms. The molecule has 0 spiro atoms. The number of hydrogen-bond donors (Lipinski definition) is 1. The molecule has 1 aromatic heterocycles. The van der Waals surface area contributed by atoms with Gasteiger partial charge in [-0.3, -0.25) is 0 Å². The molecule has 2 aromatic rings. The molecule has 1 aliphatic heterocycles. The molecule has 0 radical (unpaired) electrons. The van der Waals surface area contributed by atoms with Gasteiger partial charge in [0.25, 0.3) is 6.43 Å². The first-order chi connectivity index (χ1) is 14.5. The number of benzene rings is 1. The molecule has 0 bridgehead atoms. The zero-order chi connectivity index (χ0) is 22.6. The number of allylic oxidation sites excluding steroid dienone is 1. The molecular weight excluding hydrogens is 415 g/mol. The van der Waals surface area contributed by atoms with E-state index in [1.165, 1.54) is 11.0 Å². The molecule has 164 valence electrons. The first-order valence-electron chi connectivity index (χ1n) is 9.79. The summed E-state index contributed by atoms with van der Waals surface area (Å²) in [5.74, 6) is 0.810. The molecule has 1 atom stereocenters. The first-order valence-corrected chi connectivity index (χ1v) is 9.79. The number of nitrogens with zero attached hydrogens (tertiary/aromatic N) is 3. The van der Waals surface area contributed by atoms with Crippen LogP contribution in [0.1, 0.15) is 42.8 Å². The SMILES string of the molecule is C=C1C=c2nc(C)nc(NC(C)c3cccc(C(F)(F)F)c3)c2=CN1C1(C(F)F)CC1. The summed E-state index contributed by atoms with van der Waals surface area (Å²) in [4.78, 5) is 10.2. The van der Waals surface area contributed by atoms with Crippen LogP contribution >= 0.6 is 0 Å². The molecule has 0 saturated heterocycles. The van der Waals surface area contributed by atoms with E-state index in [-0.39, 0.29) is 0 Å². The van der Waals surface area contributed by atoms with Crippen LogP contribution in [-0.2, 0) is 6.18 Å². The maximum Gasteiger partial charge on any atom is 0.416 e. The third-order valence-electron chi connectivity index (χ3n) is 5.67. The second-order valence-corrected chi connectivity index (χ2v) is 7.95. The van der Waals surface area contributed by atoms with E-state index >= 15 is 0 Å². The highest BCUT2D eigenvalue weighted by molar-refractivity contribution is 5.58. The van der Waals surface area contributed by atoms with E-state index in [2.05, 4.69) is 21.9 Å². The molecule has 4 nitrogen and oxygen atoms in total. The van der Waals surface area contributed by atoms with Crippen molar-refractivity contribution >= 4 is 18.1 Å². The standard InChI is InChI=1S/C22H21F5N4/c1-12-9-18-17(11-31(12)21(7-8-21)20(23)24)19(30-14(3)29-18)28-13(2)15-5-4-6-16(10-15)22(25,26)27/h4-6,9-11,13,20H,1,7-8H2,2-3H3,(H,28,29,30). The van der Waals surface area contributed by atoms with Crippen LogP contribution in [0.25, 0.3) is 12.3 Å². The Hall–Kier alpha value is -2.97. The zero-order valence-corrected chi connectivity index (χ0v) is 17.0. The number of rotatable bonds is 5. The van der Waals surface area contributed by atoms with E-state index < -0.39 is 29.7 Å². The third kappa shape index (κ3) is 3.88. The zero-order valence-electron chi connectivity index (χ0n) is 17.0. The Labute approximate surface area is 175 Å². The summed E-state index contributed by atoms with van der Waals surface area (Å²) in [6, 6.07) is 4.52. The van der Waals surface area contributed by atoms with Crippen LogP contribution in [0, 0.1) is 6.92 Å². The Morgan fingerprint density at radius 2 is 1.90 bits per heavy atom. The van der Waals surface area contributed by atoms with Crippen LogP contribution in [-0.4, -0.2) is 26.8 Å². The minimum Gasteiger partial charge on any atom is -0.363 e. The highest BCUT2D eigenvalue weighted by Crippen LogP contribution is 2.49. The summed E-state index contributed by atoms with van der Waals surface area (Å²) in [6.45, 7) is 7.30. The predicted octanol–water partition coefficient (Wildman–Crippen LogP) is 4.12. The van der Waals surface area contributed by atoms with Crippen LogP contribution in [0.15, 0.2) is 36.5 Å². The molecule has 2 heterocycles. The van der Waals surface area contributed by atoms with Gasteiger partial charge < -0.3 is 10.2 Å². The summed E-state index contributed by atoms with van der Waals surface area (Å²) in [5.41, 5.74) is -1.18. The summed E-state index contributed by atoms with van der Waals surface area (Å²) >= 11 is 0. The molecule has 2 aliphatic rings. The Bertz CT molecular complexity index is 1150. The van der Waals surface area contributed by atoms with Crippen molar-refractivity contribution in [3.05, 3.63) is 64.1 Å². The Kier molecular flexibility index (Phi) is 5.02. The molecule has 0 amide bonds. The predicted molar refractivity (Wildman–Crippen MR) is 107 cm³/mol. The molecule has 1 fully saturated rings. The molecular formula is C22H21F5N4. The lowest BCUT2D eigenvalue weighted by Crippen LogP contribution is -2.46. The van der Waals surface area contributed by atoms with Gasteiger partial charge in [0.1, 0.15) is 17.2 Å². The van der Waals surface area contributed by atoms with Crippen molar-refractivity contribution in [1.82, 2.24) is 14.9 Å². The van der Waals surface area contributed by atoms with E-state index in [0.29, 0.717) is 46.3 Å². The maximum absolute atomic E-state index is 13.7. The van der Waals surface area contributed by atoms with Gasteiger partial charge in [0, 0.05) is 17.9 Å². The number of aromatic nitrogens is 2. The lowest BCUT2D eigenvalue weighted by atomic mass is 10.0. The van der Waals surface area contributed by atoms with Gasteiger partial charge in [-0.05, 0) is 50.5 Å².